The first-order valence-electron chi connectivity index (χ1n) is 8.30. The highest BCUT2D eigenvalue weighted by Crippen LogP contribution is 2.38. The number of tetrazole rings is 1. The zero-order chi connectivity index (χ0) is 19.5. The van der Waals surface area contributed by atoms with Crippen LogP contribution in [0.2, 0.25) is 0 Å². The second kappa shape index (κ2) is 7.72. The molecule has 0 radical (unpaired) electrons. The molecule has 11 heteroatoms. The van der Waals surface area contributed by atoms with Gasteiger partial charge in [-0.1, -0.05) is 17.8 Å². The number of nitrogens with zero attached hydrogens (tertiary/aromatic N) is 6. The van der Waals surface area contributed by atoms with Crippen molar-refractivity contribution in [3.8, 4) is 28.8 Å². The Balaban J connectivity index is 1.87. The molecule has 3 heterocycles. The largest absolute Gasteiger partial charge is 0.494 e. The Hall–Kier alpha value is -3.34. The number of para-hydroxylation sites is 1. The van der Waals surface area contributed by atoms with Crippen LogP contribution in [0.5, 0.6) is 11.5 Å². The van der Waals surface area contributed by atoms with Crippen LogP contribution in [-0.4, -0.2) is 49.6 Å². The van der Waals surface area contributed by atoms with Gasteiger partial charge < -0.3 is 13.9 Å². The highest BCUT2D eigenvalue weighted by Gasteiger charge is 2.24. The number of methoxy groups -OCH3 is 2. The van der Waals surface area contributed by atoms with Crippen molar-refractivity contribution in [3.05, 3.63) is 41.9 Å². The molecule has 10 nitrogen and oxygen atoms in total. The molecule has 0 fully saturated rings. The summed E-state index contributed by atoms with van der Waals surface area (Å²) in [4.78, 5) is 0. The number of nitrogens with one attached hydrogen (secondary N) is 1. The molecular formula is C17H17N7O3S. The number of ether oxygens (including phenoxy) is 2. The molecule has 28 heavy (non-hydrogen) atoms. The third kappa shape index (κ3) is 3.31. The van der Waals surface area contributed by atoms with Gasteiger partial charge in [0, 0.05) is 0 Å². The molecule has 4 rings (SSSR count). The highest BCUT2D eigenvalue weighted by molar-refractivity contribution is 7.98. The van der Waals surface area contributed by atoms with Crippen LogP contribution >= 0.6 is 11.8 Å². The Labute approximate surface area is 164 Å². The molecule has 0 saturated carbocycles. The van der Waals surface area contributed by atoms with E-state index in [1.165, 1.54) is 11.8 Å². The molecule has 0 amide bonds. The van der Waals surface area contributed by atoms with Crippen molar-refractivity contribution in [2.45, 2.75) is 17.8 Å². The molecule has 0 spiro atoms. The second-order valence-corrected chi connectivity index (χ2v) is 6.64. The Bertz CT molecular complexity index is 1050. The van der Waals surface area contributed by atoms with Crippen LogP contribution in [0.1, 0.15) is 11.6 Å². The first-order valence-corrected chi connectivity index (χ1v) is 9.28. The maximum atomic E-state index is 5.79. The normalized spacial score (nSPS) is 11.0. The molecule has 0 atom stereocenters. The number of aromatic amines is 1. The van der Waals surface area contributed by atoms with E-state index in [0.717, 1.165) is 5.76 Å². The second-order valence-electron chi connectivity index (χ2n) is 5.70. The standard InChI is InChI=1S/C17H17N7O3S/c1-10-7-8-13(27-10)16-20-21-17(28-9-14-18-22-23-19-14)24(16)15-11(25-2)5-4-6-12(15)26-3/h4-8H,9H2,1-3H3,(H,18,19,22,23). The van der Waals surface area contributed by atoms with Gasteiger partial charge in [-0.2, -0.15) is 0 Å². The minimum atomic E-state index is 0.486. The van der Waals surface area contributed by atoms with E-state index in [0.29, 0.717) is 45.5 Å². The van der Waals surface area contributed by atoms with Gasteiger partial charge in [0.1, 0.15) is 22.9 Å². The Morgan fingerprint density at radius 1 is 1.07 bits per heavy atom. The molecule has 0 aliphatic heterocycles. The molecule has 0 aliphatic rings. The SMILES string of the molecule is COc1cccc(OC)c1-n1c(SCc2nnn[nH]2)nnc1-c1ccc(C)o1. The zero-order valence-electron chi connectivity index (χ0n) is 15.4. The third-order valence-corrected chi connectivity index (χ3v) is 4.89. The predicted octanol–water partition coefficient (Wildman–Crippen LogP) is 2.66. The van der Waals surface area contributed by atoms with E-state index in [4.69, 9.17) is 13.9 Å². The van der Waals surface area contributed by atoms with Crippen molar-refractivity contribution in [1.82, 2.24) is 35.4 Å². The lowest BCUT2D eigenvalue weighted by Crippen LogP contribution is -2.05. The average Bonchev–Trinajstić information content (AvgIpc) is 3.46. The number of hydrogen-bond acceptors (Lipinski definition) is 9. The molecule has 0 unspecified atom stereocenters. The molecule has 0 aliphatic carbocycles. The number of aryl methyl sites for hydroxylation is 1. The molecule has 0 saturated heterocycles. The Kier molecular flexibility index (Phi) is 4.98. The molecule has 0 bridgehead atoms. The summed E-state index contributed by atoms with van der Waals surface area (Å²) in [5.74, 6) is 4.25. The van der Waals surface area contributed by atoms with Gasteiger partial charge in [0.05, 0.1) is 20.0 Å². The lowest BCUT2D eigenvalue weighted by molar-refractivity contribution is 0.390. The van der Waals surface area contributed by atoms with Crippen LogP contribution in [0.15, 0.2) is 39.9 Å². The summed E-state index contributed by atoms with van der Waals surface area (Å²) in [7, 11) is 3.21. The van der Waals surface area contributed by atoms with Crippen LogP contribution in [0.4, 0.5) is 0 Å². The van der Waals surface area contributed by atoms with Crippen LogP contribution in [0.25, 0.3) is 17.3 Å². The predicted molar refractivity (Wildman–Crippen MR) is 101 cm³/mol. The number of furan rings is 1. The smallest absolute Gasteiger partial charge is 0.205 e. The van der Waals surface area contributed by atoms with Gasteiger partial charge in [0.15, 0.2) is 16.7 Å². The van der Waals surface area contributed by atoms with Crippen molar-refractivity contribution in [2.75, 3.05) is 14.2 Å². The minimum absolute atomic E-state index is 0.486. The Morgan fingerprint density at radius 3 is 2.46 bits per heavy atom. The van der Waals surface area contributed by atoms with Gasteiger partial charge in [-0.15, -0.1) is 15.3 Å². The minimum Gasteiger partial charge on any atom is -0.494 e. The van der Waals surface area contributed by atoms with Gasteiger partial charge in [-0.05, 0) is 41.6 Å². The number of H-pyrrole nitrogens is 1. The van der Waals surface area contributed by atoms with Crippen LogP contribution in [0.3, 0.4) is 0 Å². The van der Waals surface area contributed by atoms with Crippen molar-refractivity contribution in [2.24, 2.45) is 0 Å². The van der Waals surface area contributed by atoms with E-state index < -0.39 is 0 Å². The van der Waals surface area contributed by atoms with Gasteiger partial charge in [-0.3, -0.25) is 4.57 Å². The summed E-state index contributed by atoms with van der Waals surface area (Å²) >= 11 is 1.42. The maximum Gasteiger partial charge on any atom is 0.205 e. The summed E-state index contributed by atoms with van der Waals surface area (Å²) in [6.07, 6.45) is 0. The first kappa shape index (κ1) is 18.0. The lowest BCUT2D eigenvalue weighted by atomic mass is 10.2. The monoisotopic (exact) mass is 399 g/mol. The number of aromatic nitrogens is 7. The fraction of sp³-hybridized carbons (Fsp3) is 0.235. The molecule has 144 valence electrons. The van der Waals surface area contributed by atoms with Gasteiger partial charge in [0.25, 0.3) is 0 Å². The van der Waals surface area contributed by atoms with E-state index in [9.17, 15) is 0 Å². The summed E-state index contributed by atoms with van der Waals surface area (Å²) in [5, 5.41) is 23.1. The number of rotatable bonds is 7. The summed E-state index contributed by atoms with van der Waals surface area (Å²) in [6, 6.07) is 9.29. The van der Waals surface area contributed by atoms with Crippen molar-refractivity contribution >= 4 is 11.8 Å². The fourth-order valence-electron chi connectivity index (χ4n) is 2.70. The topological polar surface area (TPSA) is 117 Å². The fourth-order valence-corrected chi connectivity index (χ4v) is 3.50. The Morgan fingerprint density at radius 2 is 1.86 bits per heavy atom. The van der Waals surface area contributed by atoms with E-state index >= 15 is 0 Å². The lowest BCUT2D eigenvalue weighted by Gasteiger charge is -2.16. The van der Waals surface area contributed by atoms with Crippen LogP contribution in [-0.2, 0) is 5.75 Å². The van der Waals surface area contributed by atoms with Gasteiger partial charge in [-0.25, -0.2) is 5.10 Å². The highest BCUT2D eigenvalue weighted by atomic mass is 32.2. The first-order chi connectivity index (χ1) is 13.7. The van der Waals surface area contributed by atoms with Crippen molar-refractivity contribution < 1.29 is 13.9 Å². The maximum absolute atomic E-state index is 5.79. The zero-order valence-corrected chi connectivity index (χ0v) is 16.2. The number of hydrogen-bond donors (Lipinski definition) is 1. The summed E-state index contributed by atoms with van der Waals surface area (Å²) in [5.41, 5.74) is 0.680. The third-order valence-electron chi connectivity index (χ3n) is 3.95. The molecule has 3 aromatic heterocycles. The van der Waals surface area contributed by atoms with Crippen LogP contribution < -0.4 is 9.47 Å². The summed E-state index contributed by atoms with van der Waals surface area (Å²) in [6.45, 7) is 1.88. The average molecular weight is 399 g/mol. The quantitative estimate of drug-likeness (QED) is 0.468. The van der Waals surface area contributed by atoms with E-state index in [1.54, 1.807) is 14.2 Å². The van der Waals surface area contributed by atoms with Crippen molar-refractivity contribution in [1.29, 1.82) is 0 Å². The van der Waals surface area contributed by atoms with E-state index in [-0.39, 0.29) is 0 Å². The summed E-state index contributed by atoms with van der Waals surface area (Å²) < 4.78 is 18.8. The molecule has 1 N–H and O–H groups in total. The van der Waals surface area contributed by atoms with E-state index in [1.807, 2.05) is 41.8 Å². The van der Waals surface area contributed by atoms with Crippen molar-refractivity contribution in [3.63, 3.8) is 0 Å². The van der Waals surface area contributed by atoms with Crippen LogP contribution in [0, 0.1) is 6.92 Å². The number of thioether (sulfide) groups is 1. The van der Waals surface area contributed by atoms with Gasteiger partial charge in [0.2, 0.25) is 5.82 Å². The molecule has 4 aromatic rings. The molecular weight excluding hydrogens is 382 g/mol. The molecule has 1 aromatic carbocycles. The van der Waals surface area contributed by atoms with E-state index in [2.05, 4.69) is 30.8 Å². The van der Waals surface area contributed by atoms with Gasteiger partial charge >= 0.3 is 0 Å². The number of benzene rings is 1.